The van der Waals surface area contributed by atoms with E-state index in [1.807, 2.05) is 12.1 Å². The monoisotopic (exact) mass is 309 g/mol. The fraction of sp³-hybridized carbons (Fsp3) is 0.385. The van der Waals surface area contributed by atoms with E-state index >= 15 is 0 Å². The number of rotatable bonds is 2. The zero-order valence-electron chi connectivity index (χ0n) is 10.6. The molecule has 7 heteroatoms. The van der Waals surface area contributed by atoms with Gasteiger partial charge in [-0.3, -0.25) is 0 Å². The normalized spacial score (nSPS) is 20.1. The molecule has 0 saturated carbocycles. The van der Waals surface area contributed by atoms with Gasteiger partial charge in [0.1, 0.15) is 10.9 Å². The summed E-state index contributed by atoms with van der Waals surface area (Å²) >= 11 is 5.96. The van der Waals surface area contributed by atoms with Crippen LogP contribution in [0.2, 0.25) is 5.02 Å². The number of hydrogen-bond acceptors (Lipinski definition) is 4. The predicted octanol–water partition coefficient (Wildman–Crippen LogP) is 2.28. The second-order valence-corrected chi connectivity index (χ2v) is 6.78. The molecule has 1 aromatic rings. The Bertz CT molecular complexity index is 703. The van der Waals surface area contributed by atoms with Gasteiger partial charge >= 0.3 is 0 Å². The first-order chi connectivity index (χ1) is 9.50. The summed E-state index contributed by atoms with van der Waals surface area (Å²) in [6.45, 7) is 0.316. The van der Waals surface area contributed by atoms with Crippen molar-refractivity contribution in [3.63, 3.8) is 0 Å². The van der Waals surface area contributed by atoms with Crippen LogP contribution >= 0.6 is 11.6 Å². The Morgan fingerprint density at radius 1 is 1.30 bits per heavy atom. The summed E-state index contributed by atoms with van der Waals surface area (Å²) in [4.78, 5) is -0.0553. The lowest BCUT2D eigenvalue weighted by Gasteiger charge is -2.30. The van der Waals surface area contributed by atoms with E-state index in [1.54, 1.807) is 0 Å². The van der Waals surface area contributed by atoms with Crippen molar-refractivity contribution >= 4 is 21.6 Å². The third-order valence-corrected chi connectivity index (χ3v) is 5.64. The number of nitrogens with zero attached hydrogens (tertiary/aromatic N) is 3. The molecule has 0 amide bonds. The molecule has 0 aliphatic carbocycles. The van der Waals surface area contributed by atoms with Crippen molar-refractivity contribution in [3.8, 4) is 12.1 Å². The largest absolute Gasteiger partial charge is 0.245 e. The van der Waals surface area contributed by atoms with Gasteiger partial charge in [0.15, 0.2) is 0 Å². The number of benzene rings is 1. The highest BCUT2D eigenvalue weighted by Crippen LogP contribution is 2.29. The molecule has 0 aromatic heterocycles. The lowest BCUT2D eigenvalue weighted by Crippen LogP contribution is -2.42. The average Bonchev–Trinajstić information content (AvgIpc) is 2.46. The molecule has 104 valence electrons. The Balaban J connectivity index is 2.45. The van der Waals surface area contributed by atoms with Crippen LogP contribution in [0.1, 0.15) is 24.8 Å². The quantitative estimate of drug-likeness (QED) is 0.838. The summed E-state index contributed by atoms with van der Waals surface area (Å²) in [5, 5.41) is 17.9. The van der Waals surface area contributed by atoms with Gasteiger partial charge in [0, 0.05) is 6.54 Å². The van der Waals surface area contributed by atoms with E-state index in [2.05, 4.69) is 0 Å². The number of hydrogen-bond donors (Lipinski definition) is 0. The smallest absolute Gasteiger partial charge is 0.207 e. The molecule has 1 aliphatic rings. The first-order valence-electron chi connectivity index (χ1n) is 6.12. The van der Waals surface area contributed by atoms with E-state index in [9.17, 15) is 8.42 Å². The molecule has 5 nitrogen and oxygen atoms in total. The zero-order chi connectivity index (χ0) is 14.8. The molecule has 1 atom stereocenters. The van der Waals surface area contributed by atoms with Crippen LogP contribution in [-0.4, -0.2) is 25.3 Å². The standard InChI is InChI=1S/C13H12ClN3O2S/c14-12-7-10(8-15)4-5-13(12)20(18,19)17-6-2-1-3-11(17)9-16/h4-5,7,11H,1-3,6H2. The van der Waals surface area contributed by atoms with Crippen LogP contribution in [0.5, 0.6) is 0 Å². The van der Waals surface area contributed by atoms with Gasteiger partial charge in [-0.25, -0.2) is 8.42 Å². The Kier molecular flexibility index (Phi) is 4.29. The van der Waals surface area contributed by atoms with Crippen molar-refractivity contribution in [1.29, 1.82) is 10.5 Å². The van der Waals surface area contributed by atoms with Gasteiger partial charge in [0.2, 0.25) is 10.0 Å². The zero-order valence-corrected chi connectivity index (χ0v) is 12.2. The van der Waals surface area contributed by atoms with Crippen molar-refractivity contribution in [3.05, 3.63) is 28.8 Å². The predicted molar refractivity (Wildman–Crippen MR) is 73.3 cm³/mol. The highest BCUT2D eigenvalue weighted by atomic mass is 35.5. The highest BCUT2D eigenvalue weighted by Gasteiger charge is 2.34. The lowest BCUT2D eigenvalue weighted by molar-refractivity contribution is 0.297. The summed E-state index contributed by atoms with van der Waals surface area (Å²) in [6, 6.07) is 7.32. The molecule has 2 rings (SSSR count). The van der Waals surface area contributed by atoms with Crippen molar-refractivity contribution in [2.75, 3.05) is 6.54 Å². The molecular formula is C13H12ClN3O2S. The number of halogens is 1. The van der Waals surface area contributed by atoms with Gasteiger partial charge in [-0.2, -0.15) is 14.8 Å². The van der Waals surface area contributed by atoms with E-state index in [1.165, 1.54) is 22.5 Å². The third kappa shape index (κ3) is 2.64. The minimum absolute atomic E-state index is 0.00585. The van der Waals surface area contributed by atoms with Crippen LogP contribution in [0.3, 0.4) is 0 Å². The van der Waals surface area contributed by atoms with Crippen molar-refractivity contribution in [1.82, 2.24) is 4.31 Å². The molecule has 1 fully saturated rings. The van der Waals surface area contributed by atoms with Gasteiger partial charge in [0.05, 0.1) is 22.7 Å². The Morgan fingerprint density at radius 3 is 2.65 bits per heavy atom. The molecule has 0 bridgehead atoms. The summed E-state index contributed by atoms with van der Waals surface area (Å²) in [5.74, 6) is 0. The van der Waals surface area contributed by atoms with Crippen LogP contribution in [0.25, 0.3) is 0 Å². The minimum atomic E-state index is -3.81. The molecular weight excluding hydrogens is 298 g/mol. The molecule has 1 aliphatic heterocycles. The fourth-order valence-electron chi connectivity index (χ4n) is 2.23. The fourth-order valence-corrected chi connectivity index (χ4v) is 4.36. The van der Waals surface area contributed by atoms with Gasteiger partial charge in [-0.1, -0.05) is 11.6 Å². The number of sulfonamides is 1. The van der Waals surface area contributed by atoms with E-state index in [4.69, 9.17) is 22.1 Å². The van der Waals surface area contributed by atoms with Gasteiger partial charge in [0.25, 0.3) is 0 Å². The van der Waals surface area contributed by atoms with Crippen LogP contribution in [0.15, 0.2) is 23.1 Å². The first-order valence-corrected chi connectivity index (χ1v) is 7.93. The van der Waals surface area contributed by atoms with Crippen LogP contribution in [0, 0.1) is 22.7 Å². The topological polar surface area (TPSA) is 85.0 Å². The molecule has 0 spiro atoms. The maximum absolute atomic E-state index is 12.6. The summed E-state index contributed by atoms with van der Waals surface area (Å²) in [7, 11) is -3.81. The molecule has 1 aromatic carbocycles. The molecule has 1 saturated heterocycles. The van der Waals surface area contributed by atoms with Crippen LogP contribution in [-0.2, 0) is 10.0 Å². The molecule has 0 radical (unpaired) electrons. The van der Waals surface area contributed by atoms with Crippen LogP contribution in [0.4, 0.5) is 0 Å². The summed E-state index contributed by atoms with van der Waals surface area (Å²) in [5.41, 5.74) is 0.296. The van der Waals surface area contributed by atoms with E-state index in [0.29, 0.717) is 18.5 Å². The Hall–Kier alpha value is -1.60. The summed E-state index contributed by atoms with van der Waals surface area (Å²) in [6.07, 6.45) is 2.10. The minimum Gasteiger partial charge on any atom is -0.207 e. The van der Waals surface area contributed by atoms with Crippen molar-refractivity contribution in [2.24, 2.45) is 0 Å². The molecule has 1 unspecified atom stereocenters. The summed E-state index contributed by atoms with van der Waals surface area (Å²) < 4.78 is 26.4. The second kappa shape index (κ2) is 5.80. The maximum Gasteiger partial charge on any atom is 0.245 e. The van der Waals surface area contributed by atoms with E-state index in [0.717, 1.165) is 12.8 Å². The Labute approximate surface area is 123 Å². The van der Waals surface area contributed by atoms with Gasteiger partial charge in [-0.05, 0) is 37.5 Å². The molecule has 1 heterocycles. The van der Waals surface area contributed by atoms with Gasteiger partial charge in [-0.15, -0.1) is 0 Å². The maximum atomic E-state index is 12.6. The number of nitriles is 2. The van der Waals surface area contributed by atoms with Gasteiger partial charge < -0.3 is 0 Å². The van der Waals surface area contributed by atoms with Crippen LogP contribution < -0.4 is 0 Å². The molecule has 0 N–H and O–H groups in total. The van der Waals surface area contributed by atoms with E-state index < -0.39 is 16.1 Å². The van der Waals surface area contributed by atoms with E-state index in [-0.39, 0.29) is 9.92 Å². The van der Waals surface area contributed by atoms with Crippen molar-refractivity contribution in [2.45, 2.75) is 30.2 Å². The first kappa shape index (κ1) is 14.8. The lowest BCUT2D eigenvalue weighted by atomic mass is 10.1. The molecule has 20 heavy (non-hydrogen) atoms. The SMILES string of the molecule is N#Cc1ccc(S(=O)(=O)N2CCCCC2C#N)c(Cl)c1. The highest BCUT2D eigenvalue weighted by molar-refractivity contribution is 7.89. The third-order valence-electron chi connectivity index (χ3n) is 3.25. The number of piperidine rings is 1. The van der Waals surface area contributed by atoms with Crippen molar-refractivity contribution < 1.29 is 8.42 Å². The second-order valence-electron chi connectivity index (χ2n) is 4.51. The average molecular weight is 310 g/mol. The Morgan fingerprint density at radius 2 is 2.05 bits per heavy atom.